The molecule has 0 amide bonds. The lowest BCUT2D eigenvalue weighted by atomic mass is 9.77. The van der Waals surface area contributed by atoms with Crippen LogP contribution in [0.1, 0.15) is 46.2 Å². The van der Waals surface area contributed by atoms with Crippen molar-refractivity contribution in [1.29, 1.82) is 0 Å². The SMILES string of the molecule is OC(c1cc(C(F)(F)F)cc(C(F)(F)F)c1)(c1cc(C(F)(F)F)cc(C(F)(F)F)c1)[C@@H]1CCCN1. The van der Waals surface area contributed by atoms with Crippen molar-refractivity contribution < 1.29 is 57.8 Å². The second-order valence-electron chi connectivity index (χ2n) is 8.00. The molecule has 0 bridgehead atoms. The van der Waals surface area contributed by atoms with Crippen LogP contribution in [0.5, 0.6) is 0 Å². The Morgan fingerprint density at radius 3 is 1.06 bits per heavy atom. The van der Waals surface area contributed by atoms with Crippen molar-refractivity contribution >= 4 is 0 Å². The van der Waals surface area contributed by atoms with Gasteiger partial charge in [-0.05, 0) is 66.9 Å². The molecule has 1 aliphatic rings. The van der Waals surface area contributed by atoms with E-state index >= 15 is 0 Å². The summed E-state index contributed by atoms with van der Waals surface area (Å²) in [5.74, 6) is 0. The largest absolute Gasteiger partial charge is 0.416 e. The molecule has 2 aromatic carbocycles. The third kappa shape index (κ3) is 5.52. The third-order valence-electron chi connectivity index (χ3n) is 5.62. The Kier molecular flexibility index (Phi) is 6.64. The highest BCUT2D eigenvalue weighted by Gasteiger charge is 2.47. The average molecular weight is 525 g/mol. The molecule has 1 atom stereocenters. The summed E-state index contributed by atoms with van der Waals surface area (Å²) in [6.07, 6.45) is -21.4. The second kappa shape index (κ2) is 8.57. The van der Waals surface area contributed by atoms with Crippen LogP contribution in [0.15, 0.2) is 36.4 Å². The number of nitrogens with one attached hydrogen (secondary N) is 1. The van der Waals surface area contributed by atoms with Crippen LogP contribution in [0.2, 0.25) is 0 Å². The van der Waals surface area contributed by atoms with Gasteiger partial charge in [0, 0.05) is 6.04 Å². The van der Waals surface area contributed by atoms with Crippen LogP contribution in [0.3, 0.4) is 0 Å². The minimum absolute atomic E-state index is 0.0587. The van der Waals surface area contributed by atoms with Gasteiger partial charge in [0.15, 0.2) is 0 Å². The molecule has 2 N–H and O–H groups in total. The van der Waals surface area contributed by atoms with Crippen LogP contribution < -0.4 is 5.32 Å². The normalized spacial score (nSPS) is 18.3. The lowest BCUT2D eigenvalue weighted by Gasteiger charge is -2.37. The van der Waals surface area contributed by atoms with Crippen LogP contribution in [-0.2, 0) is 30.3 Å². The molecule has 1 aliphatic heterocycles. The maximum absolute atomic E-state index is 13.4. The minimum Gasteiger partial charge on any atom is -0.379 e. The highest BCUT2D eigenvalue weighted by Crippen LogP contribution is 2.45. The molecular formula is C21H15F12NO. The fourth-order valence-corrected chi connectivity index (χ4v) is 3.96. The fraction of sp³-hybridized carbons (Fsp3) is 0.429. The first-order valence-electron chi connectivity index (χ1n) is 9.79. The van der Waals surface area contributed by atoms with E-state index in [1.165, 1.54) is 0 Å². The molecule has 0 aliphatic carbocycles. The first kappa shape index (κ1) is 27.1. The molecule has 35 heavy (non-hydrogen) atoms. The Labute approximate surface area is 189 Å². The molecule has 3 rings (SSSR count). The van der Waals surface area contributed by atoms with Crippen LogP contribution >= 0.6 is 0 Å². The summed E-state index contributed by atoms with van der Waals surface area (Å²) in [6, 6.07) is -1.67. The summed E-state index contributed by atoms with van der Waals surface area (Å²) in [7, 11) is 0. The predicted molar refractivity (Wildman–Crippen MR) is 96.9 cm³/mol. The van der Waals surface area contributed by atoms with Crippen molar-refractivity contribution in [1.82, 2.24) is 5.32 Å². The smallest absolute Gasteiger partial charge is 0.379 e. The van der Waals surface area contributed by atoms with Crippen molar-refractivity contribution in [3.05, 3.63) is 69.8 Å². The van der Waals surface area contributed by atoms with Gasteiger partial charge in [-0.15, -0.1) is 0 Å². The minimum atomic E-state index is -5.37. The lowest BCUT2D eigenvalue weighted by Crippen LogP contribution is -2.46. The summed E-state index contributed by atoms with van der Waals surface area (Å²) < 4.78 is 161. The van der Waals surface area contributed by atoms with Crippen LogP contribution in [-0.4, -0.2) is 17.7 Å². The van der Waals surface area contributed by atoms with Gasteiger partial charge < -0.3 is 10.4 Å². The molecule has 0 unspecified atom stereocenters. The van der Waals surface area contributed by atoms with Crippen LogP contribution in [0.4, 0.5) is 52.7 Å². The summed E-state index contributed by atoms with van der Waals surface area (Å²) in [5, 5.41) is 14.0. The Morgan fingerprint density at radius 1 is 0.543 bits per heavy atom. The van der Waals surface area contributed by atoms with E-state index in [0.29, 0.717) is 0 Å². The molecule has 194 valence electrons. The van der Waals surface area contributed by atoms with Crippen LogP contribution in [0.25, 0.3) is 0 Å². The van der Waals surface area contributed by atoms with E-state index in [1.54, 1.807) is 0 Å². The van der Waals surface area contributed by atoms with Crippen molar-refractivity contribution in [2.75, 3.05) is 6.54 Å². The summed E-state index contributed by atoms with van der Waals surface area (Å²) in [4.78, 5) is 0. The maximum Gasteiger partial charge on any atom is 0.416 e. The molecule has 14 heteroatoms. The molecule has 0 spiro atoms. The Morgan fingerprint density at radius 2 is 0.829 bits per heavy atom. The highest BCUT2D eigenvalue weighted by molar-refractivity contribution is 5.47. The van der Waals surface area contributed by atoms with Crippen molar-refractivity contribution in [3.8, 4) is 0 Å². The lowest BCUT2D eigenvalue weighted by molar-refractivity contribution is -0.144. The Balaban J connectivity index is 2.41. The van der Waals surface area contributed by atoms with E-state index in [4.69, 9.17) is 0 Å². The second-order valence-corrected chi connectivity index (χ2v) is 8.00. The molecule has 1 heterocycles. The number of alkyl halides is 12. The number of halogens is 12. The fourth-order valence-electron chi connectivity index (χ4n) is 3.96. The standard InChI is InChI=1S/C21H15F12NO/c22-18(23,24)12-4-10(5-13(8-12)19(25,26)27)17(35,16-2-1-3-34-16)11-6-14(20(28,29)30)9-15(7-11)21(31,32)33/h4-9,16,34-35H,1-3H2/t16-/m0/s1. The first-order chi connectivity index (χ1) is 15.7. The number of benzene rings is 2. The molecule has 0 radical (unpaired) electrons. The van der Waals surface area contributed by atoms with Gasteiger partial charge in [-0.2, -0.15) is 52.7 Å². The summed E-state index contributed by atoms with van der Waals surface area (Å²) in [6.45, 7) is 0.0587. The van der Waals surface area contributed by atoms with Gasteiger partial charge in [0.25, 0.3) is 0 Å². The molecule has 2 aromatic rings. The van der Waals surface area contributed by atoms with E-state index in [2.05, 4.69) is 5.32 Å². The molecule has 2 nitrogen and oxygen atoms in total. The van der Waals surface area contributed by atoms with Gasteiger partial charge in [-0.25, -0.2) is 0 Å². The summed E-state index contributed by atoms with van der Waals surface area (Å²) in [5.41, 5.74) is -13.0. The number of aliphatic hydroxyl groups is 1. The van der Waals surface area contributed by atoms with Gasteiger partial charge in [0.2, 0.25) is 0 Å². The predicted octanol–water partition coefficient (Wildman–Crippen LogP) is 6.75. The van der Waals surface area contributed by atoms with Crippen molar-refractivity contribution in [2.24, 2.45) is 0 Å². The number of hydrogen-bond acceptors (Lipinski definition) is 2. The molecular weight excluding hydrogens is 510 g/mol. The topological polar surface area (TPSA) is 32.3 Å². The maximum atomic E-state index is 13.4. The highest BCUT2D eigenvalue weighted by atomic mass is 19.4. The number of hydrogen-bond donors (Lipinski definition) is 2. The third-order valence-corrected chi connectivity index (χ3v) is 5.62. The zero-order chi connectivity index (χ0) is 26.6. The van der Waals surface area contributed by atoms with Gasteiger partial charge in [-0.3, -0.25) is 0 Å². The van der Waals surface area contributed by atoms with Gasteiger partial charge in [-0.1, -0.05) is 0 Å². The van der Waals surface area contributed by atoms with Crippen molar-refractivity contribution in [3.63, 3.8) is 0 Å². The molecule has 0 aromatic heterocycles. The van der Waals surface area contributed by atoms with Gasteiger partial charge in [0.05, 0.1) is 22.3 Å². The van der Waals surface area contributed by atoms with Gasteiger partial charge >= 0.3 is 24.7 Å². The van der Waals surface area contributed by atoms with Crippen molar-refractivity contribution in [2.45, 2.75) is 49.2 Å². The monoisotopic (exact) mass is 525 g/mol. The first-order valence-corrected chi connectivity index (χ1v) is 9.79. The molecule has 1 fully saturated rings. The molecule has 1 saturated heterocycles. The Bertz CT molecular complexity index is 936. The molecule has 0 saturated carbocycles. The van der Waals surface area contributed by atoms with E-state index < -0.39 is 69.7 Å². The summed E-state index contributed by atoms with van der Waals surface area (Å²) >= 11 is 0. The quantitative estimate of drug-likeness (QED) is 0.435. The zero-order valence-corrected chi connectivity index (χ0v) is 17.1. The van der Waals surface area contributed by atoms with Gasteiger partial charge in [0.1, 0.15) is 5.60 Å². The van der Waals surface area contributed by atoms with E-state index in [-0.39, 0.29) is 55.8 Å². The van der Waals surface area contributed by atoms with E-state index in [1.807, 2.05) is 0 Å². The van der Waals surface area contributed by atoms with E-state index in [9.17, 15) is 57.8 Å². The average Bonchev–Trinajstić information content (AvgIpc) is 3.25. The zero-order valence-electron chi connectivity index (χ0n) is 17.1. The van der Waals surface area contributed by atoms with E-state index in [0.717, 1.165) is 0 Å². The Hall–Kier alpha value is -2.48. The van der Waals surface area contributed by atoms with Crippen LogP contribution in [0, 0.1) is 0 Å². The number of rotatable bonds is 3.